The first-order valence-electron chi connectivity index (χ1n) is 5.76. The molecule has 0 heterocycles. The Morgan fingerprint density at radius 2 is 2.10 bits per heavy atom. The van der Waals surface area contributed by atoms with Gasteiger partial charge in [-0.25, -0.2) is 4.79 Å². The molecule has 1 aromatic carbocycles. The summed E-state index contributed by atoms with van der Waals surface area (Å²) >= 11 is 0. The number of nitrogens with one attached hydrogen (secondary N) is 1. The number of nitrogens with zero attached hydrogens (tertiary/aromatic N) is 1. The average Bonchev–Trinajstić information content (AvgIpc) is 2.40. The summed E-state index contributed by atoms with van der Waals surface area (Å²) in [5.41, 5.74) is -0.425. The number of hydrogen-bond donors (Lipinski definition) is 1. The van der Waals surface area contributed by atoms with Crippen LogP contribution in [0.15, 0.2) is 36.0 Å². The van der Waals surface area contributed by atoms with Crippen molar-refractivity contribution >= 4 is 11.7 Å². The fraction of sp³-hybridized carbons (Fsp3) is 0.231. The third-order valence-corrected chi connectivity index (χ3v) is 2.10. The third-order valence-electron chi connectivity index (χ3n) is 2.10. The maximum atomic E-state index is 12.2. The van der Waals surface area contributed by atoms with E-state index in [1.807, 2.05) is 0 Å². The van der Waals surface area contributed by atoms with E-state index in [1.54, 1.807) is 13.0 Å². The van der Waals surface area contributed by atoms with E-state index in [2.05, 4.69) is 14.8 Å². The van der Waals surface area contributed by atoms with E-state index in [1.165, 1.54) is 18.2 Å². The van der Waals surface area contributed by atoms with Gasteiger partial charge in [-0.15, -0.1) is 13.2 Å². The van der Waals surface area contributed by atoms with Gasteiger partial charge in [0.05, 0.1) is 12.3 Å². The predicted molar refractivity (Wildman–Crippen MR) is 67.1 cm³/mol. The predicted octanol–water partition coefficient (Wildman–Crippen LogP) is 2.97. The van der Waals surface area contributed by atoms with E-state index in [9.17, 15) is 18.0 Å². The Morgan fingerprint density at radius 1 is 1.43 bits per heavy atom. The number of carbonyl (C=O) groups excluding carboxylic acids is 1. The number of rotatable bonds is 5. The van der Waals surface area contributed by atoms with Gasteiger partial charge >= 0.3 is 12.3 Å². The molecule has 0 aliphatic carbocycles. The van der Waals surface area contributed by atoms with Crippen LogP contribution in [0.25, 0.3) is 0 Å². The molecular formula is C13H11F3N2O3. The molecule has 5 nitrogen and oxygen atoms in total. The molecule has 0 saturated carbocycles. The van der Waals surface area contributed by atoms with Crippen molar-refractivity contribution in [1.29, 1.82) is 5.26 Å². The quantitative estimate of drug-likeness (QED) is 0.514. The van der Waals surface area contributed by atoms with Crippen LogP contribution in [-0.2, 0) is 9.53 Å². The summed E-state index contributed by atoms with van der Waals surface area (Å²) in [6.45, 7) is 1.64. The second kappa shape index (κ2) is 7.19. The summed E-state index contributed by atoms with van der Waals surface area (Å²) in [6.07, 6.45) is -3.89. The number of alkyl halides is 3. The number of benzene rings is 1. The molecule has 0 radical (unpaired) electrons. The minimum Gasteiger partial charge on any atom is -0.462 e. The molecule has 0 atom stereocenters. The minimum atomic E-state index is -4.85. The minimum absolute atomic E-state index is 0.0492. The van der Waals surface area contributed by atoms with Gasteiger partial charge in [0.25, 0.3) is 0 Å². The molecule has 21 heavy (non-hydrogen) atoms. The van der Waals surface area contributed by atoms with Crippen LogP contribution in [0.3, 0.4) is 0 Å². The summed E-state index contributed by atoms with van der Waals surface area (Å²) in [6, 6.07) is 6.81. The lowest BCUT2D eigenvalue weighted by atomic mass is 10.3. The molecule has 0 aromatic heterocycles. The highest BCUT2D eigenvalue weighted by Crippen LogP contribution is 2.29. The van der Waals surface area contributed by atoms with Crippen LogP contribution in [-0.4, -0.2) is 18.9 Å². The van der Waals surface area contributed by atoms with E-state index in [0.717, 1.165) is 12.3 Å². The van der Waals surface area contributed by atoms with Crippen LogP contribution in [0.5, 0.6) is 5.75 Å². The number of esters is 1. The molecular weight excluding hydrogens is 289 g/mol. The third kappa shape index (κ3) is 5.44. The number of halogens is 3. The van der Waals surface area contributed by atoms with Crippen LogP contribution < -0.4 is 10.1 Å². The SMILES string of the molecule is CCOC(=O)C(C#N)=CNc1ccccc1OC(F)(F)F. The second-order valence-electron chi connectivity index (χ2n) is 3.58. The zero-order valence-electron chi connectivity index (χ0n) is 10.9. The monoisotopic (exact) mass is 300 g/mol. The molecule has 1 aromatic rings. The Hall–Kier alpha value is -2.69. The lowest BCUT2D eigenvalue weighted by Gasteiger charge is -2.12. The highest BCUT2D eigenvalue weighted by molar-refractivity contribution is 5.93. The fourth-order valence-corrected chi connectivity index (χ4v) is 1.30. The first-order valence-corrected chi connectivity index (χ1v) is 5.76. The number of carbonyl (C=O) groups is 1. The summed E-state index contributed by atoms with van der Waals surface area (Å²) in [5.74, 6) is -1.36. The highest BCUT2D eigenvalue weighted by Gasteiger charge is 2.32. The molecule has 0 bridgehead atoms. The van der Waals surface area contributed by atoms with Crippen molar-refractivity contribution < 1.29 is 27.4 Å². The summed E-state index contributed by atoms with van der Waals surface area (Å²) < 4.78 is 45.1. The van der Waals surface area contributed by atoms with Gasteiger partial charge in [0, 0.05) is 6.20 Å². The van der Waals surface area contributed by atoms with Crippen molar-refractivity contribution in [1.82, 2.24) is 0 Å². The Kier molecular flexibility index (Phi) is 5.60. The number of ether oxygens (including phenoxy) is 2. The van der Waals surface area contributed by atoms with Crippen molar-refractivity contribution in [2.75, 3.05) is 11.9 Å². The van der Waals surface area contributed by atoms with Gasteiger partial charge in [0.1, 0.15) is 6.07 Å². The van der Waals surface area contributed by atoms with Crippen LogP contribution >= 0.6 is 0 Å². The Labute approximate surface area is 118 Å². The largest absolute Gasteiger partial charge is 0.573 e. The Morgan fingerprint density at radius 3 is 2.67 bits per heavy atom. The molecule has 0 amide bonds. The van der Waals surface area contributed by atoms with E-state index < -0.39 is 18.1 Å². The van der Waals surface area contributed by atoms with Crippen LogP contribution in [0.2, 0.25) is 0 Å². The normalized spacial score (nSPS) is 11.5. The van der Waals surface area contributed by atoms with Crippen LogP contribution in [0.4, 0.5) is 18.9 Å². The maximum Gasteiger partial charge on any atom is 0.573 e. The molecule has 0 fully saturated rings. The van der Waals surface area contributed by atoms with Crippen molar-refractivity contribution in [2.45, 2.75) is 13.3 Å². The lowest BCUT2D eigenvalue weighted by Crippen LogP contribution is -2.18. The second-order valence-corrected chi connectivity index (χ2v) is 3.58. The van der Waals surface area contributed by atoms with Gasteiger partial charge in [-0.1, -0.05) is 12.1 Å². The Bertz CT molecular complexity index is 577. The lowest BCUT2D eigenvalue weighted by molar-refractivity contribution is -0.274. The van der Waals surface area contributed by atoms with Gasteiger partial charge in [-0.05, 0) is 19.1 Å². The summed E-state index contributed by atoms with van der Waals surface area (Å²) in [5, 5.41) is 11.2. The maximum absolute atomic E-state index is 12.2. The van der Waals surface area contributed by atoms with Gasteiger partial charge in [-0.2, -0.15) is 5.26 Å². The number of nitriles is 1. The van der Waals surface area contributed by atoms with Gasteiger partial charge < -0.3 is 14.8 Å². The van der Waals surface area contributed by atoms with Crippen molar-refractivity contribution in [3.05, 3.63) is 36.0 Å². The molecule has 0 aliphatic heterocycles. The fourth-order valence-electron chi connectivity index (χ4n) is 1.30. The summed E-state index contributed by atoms with van der Waals surface area (Å²) in [7, 11) is 0. The van der Waals surface area contributed by atoms with Crippen LogP contribution in [0, 0.1) is 11.3 Å². The van der Waals surface area contributed by atoms with E-state index in [0.29, 0.717) is 0 Å². The summed E-state index contributed by atoms with van der Waals surface area (Å²) in [4.78, 5) is 11.3. The van der Waals surface area contributed by atoms with Gasteiger partial charge in [0.2, 0.25) is 0 Å². The van der Waals surface area contributed by atoms with Crippen molar-refractivity contribution in [3.8, 4) is 11.8 Å². The molecule has 0 saturated heterocycles. The zero-order valence-corrected chi connectivity index (χ0v) is 10.9. The first-order chi connectivity index (χ1) is 9.87. The zero-order chi connectivity index (χ0) is 15.9. The van der Waals surface area contributed by atoms with E-state index in [4.69, 9.17) is 5.26 Å². The van der Waals surface area contributed by atoms with Crippen LogP contribution in [0.1, 0.15) is 6.92 Å². The Balaban J connectivity index is 2.93. The van der Waals surface area contributed by atoms with E-state index >= 15 is 0 Å². The molecule has 0 spiro atoms. The number of para-hydroxylation sites is 2. The van der Waals surface area contributed by atoms with Crippen molar-refractivity contribution in [3.63, 3.8) is 0 Å². The smallest absolute Gasteiger partial charge is 0.462 e. The average molecular weight is 300 g/mol. The molecule has 1 rings (SSSR count). The molecule has 1 N–H and O–H groups in total. The molecule has 112 valence electrons. The number of hydrogen-bond acceptors (Lipinski definition) is 5. The van der Waals surface area contributed by atoms with Gasteiger partial charge in [0.15, 0.2) is 11.3 Å². The first kappa shape index (κ1) is 16.4. The topological polar surface area (TPSA) is 71.4 Å². The number of anilines is 1. The molecule has 0 aliphatic rings. The van der Waals surface area contributed by atoms with E-state index in [-0.39, 0.29) is 17.9 Å². The molecule has 8 heteroatoms. The standard InChI is InChI=1S/C13H11F3N2O3/c1-2-20-12(19)9(7-17)8-18-10-5-3-4-6-11(10)21-13(14,15)16/h3-6,8,18H,2H2,1H3. The van der Waals surface area contributed by atoms with Crippen molar-refractivity contribution in [2.24, 2.45) is 0 Å². The van der Waals surface area contributed by atoms with Gasteiger partial charge in [-0.3, -0.25) is 0 Å². The highest BCUT2D eigenvalue weighted by atomic mass is 19.4. The molecule has 0 unspecified atom stereocenters.